The first-order valence-electron chi connectivity index (χ1n) is 9.69. The Hall–Kier alpha value is -2.71. The van der Waals surface area contributed by atoms with Crippen LogP contribution in [0.5, 0.6) is 0 Å². The molecule has 0 radical (unpaired) electrons. The van der Waals surface area contributed by atoms with Crippen molar-refractivity contribution < 1.29 is 8.42 Å². The normalized spacial score (nSPS) is 15.5. The van der Waals surface area contributed by atoms with E-state index in [9.17, 15) is 13.2 Å². The van der Waals surface area contributed by atoms with Crippen LogP contribution < -0.4 is 15.1 Å². The Morgan fingerprint density at radius 1 is 1.00 bits per heavy atom. The van der Waals surface area contributed by atoms with E-state index in [1.165, 1.54) is 0 Å². The van der Waals surface area contributed by atoms with E-state index in [0.29, 0.717) is 28.0 Å². The van der Waals surface area contributed by atoms with E-state index in [-0.39, 0.29) is 5.43 Å². The van der Waals surface area contributed by atoms with Gasteiger partial charge in [0.15, 0.2) is 5.43 Å². The Morgan fingerprint density at radius 3 is 2.41 bits per heavy atom. The first-order chi connectivity index (χ1) is 13.9. The quantitative estimate of drug-likeness (QED) is 0.640. The van der Waals surface area contributed by atoms with Crippen molar-refractivity contribution >= 4 is 43.9 Å². The first-order valence-corrected chi connectivity index (χ1v) is 10.9. The van der Waals surface area contributed by atoms with Gasteiger partial charge in [0.1, 0.15) is 0 Å². The molecule has 1 aliphatic rings. The number of aromatic nitrogens is 1. The molecule has 1 aliphatic heterocycles. The van der Waals surface area contributed by atoms with Crippen LogP contribution in [0.2, 0.25) is 0 Å². The van der Waals surface area contributed by atoms with Crippen molar-refractivity contribution in [3.05, 3.63) is 52.8 Å². The van der Waals surface area contributed by atoms with Gasteiger partial charge in [-0.05, 0) is 43.5 Å². The molecule has 4 rings (SSSR count). The van der Waals surface area contributed by atoms with E-state index in [1.807, 2.05) is 24.4 Å². The largest absolute Gasteiger partial charge is 0.368 e. The van der Waals surface area contributed by atoms with Crippen LogP contribution >= 0.6 is 0 Å². The Morgan fingerprint density at radius 2 is 1.72 bits per heavy atom. The van der Waals surface area contributed by atoms with Gasteiger partial charge in [-0.25, -0.2) is 8.42 Å². The number of pyridine rings is 1. The lowest BCUT2D eigenvalue weighted by Crippen LogP contribution is -2.48. The smallest absolute Gasteiger partial charge is 0.222 e. The number of hydrogen-bond acceptors (Lipinski definition) is 6. The van der Waals surface area contributed by atoms with Gasteiger partial charge in [0.05, 0.1) is 22.8 Å². The molecule has 1 fully saturated rings. The molecule has 1 aromatic heterocycles. The molecule has 29 heavy (non-hydrogen) atoms. The lowest BCUT2D eigenvalue weighted by Gasteiger charge is -2.38. The van der Waals surface area contributed by atoms with Crippen LogP contribution in [0.25, 0.3) is 21.7 Å². The molecule has 152 valence electrons. The summed E-state index contributed by atoms with van der Waals surface area (Å²) in [6.45, 7) is 8.15. The summed E-state index contributed by atoms with van der Waals surface area (Å²) in [6, 6.07) is 11.1. The van der Waals surface area contributed by atoms with Gasteiger partial charge in [0.25, 0.3) is 0 Å². The summed E-state index contributed by atoms with van der Waals surface area (Å²) in [6.07, 6.45) is 1.83. The van der Waals surface area contributed by atoms with Crippen molar-refractivity contribution in [2.75, 3.05) is 35.8 Å². The fourth-order valence-electron chi connectivity index (χ4n) is 3.84. The number of thiol groups is 1. The molecule has 0 unspecified atom stereocenters. The summed E-state index contributed by atoms with van der Waals surface area (Å²) in [7, 11) is -2.79. The van der Waals surface area contributed by atoms with Gasteiger partial charge in [-0.2, -0.15) is 0 Å². The zero-order valence-corrected chi connectivity index (χ0v) is 17.4. The number of benzene rings is 1. The first kappa shape index (κ1) is 19.6. The maximum Gasteiger partial charge on any atom is 0.222 e. The van der Waals surface area contributed by atoms with Crippen LogP contribution in [0.1, 0.15) is 13.8 Å². The topological polar surface area (TPSA) is 82.6 Å². The molecule has 8 heteroatoms. The van der Waals surface area contributed by atoms with E-state index in [1.54, 1.807) is 18.2 Å². The van der Waals surface area contributed by atoms with Gasteiger partial charge < -0.3 is 4.90 Å². The van der Waals surface area contributed by atoms with Gasteiger partial charge in [0, 0.05) is 43.3 Å². The number of hydrogen-bond donors (Lipinski definition) is 2. The third-order valence-electron chi connectivity index (χ3n) is 5.50. The second-order valence-electron chi connectivity index (χ2n) is 7.58. The maximum absolute atomic E-state index is 13.3. The zero-order chi connectivity index (χ0) is 20.5. The molecule has 3 aromatic rings. The summed E-state index contributed by atoms with van der Waals surface area (Å²) < 4.78 is 24.3. The summed E-state index contributed by atoms with van der Waals surface area (Å²) in [5.41, 5.74) is 1.79. The predicted octanol–water partition coefficient (Wildman–Crippen LogP) is 2.22. The van der Waals surface area contributed by atoms with Crippen LogP contribution in [0.15, 0.2) is 47.4 Å². The average molecular weight is 413 g/mol. The van der Waals surface area contributed by atoms with E-state index < -0.39 is 10.9 Å². The minimum Gasteiger partial charge on any atom is -0.368 e. The Kier molecular flexibility index (Phi) is 5.38. The Balaban J connectivity index is 1.78. The highest BCUT2D eigenvalue weighted by Crippen LogP contribution is 2.22. The molecule has 0 atom stereocenters. The number of rotatable bonds is 4. The zero-order valence-electron chi connectivity index (χ0n) is 16.5. The second kappa shape index (κ2) is 7.96. The fraction of sp³-hybridized carbons (Fsp3) is 0.333. The summed E-state index contributed by atoms with van der Waals surface area (Å²) in [5.74, 6) is 0. The van der Waals surface area contributed by atoms with Gasteiger partial charge in [-0.1, -0.05) is 12.1 Å². The Labute approximate surface area is 171 Å². The monoisotopic (exact) mass is 412 g/mol. The highest BCUT2D eigenvalue weighted by Gasteiger charge is 2.19. The molecule has 1 saturated heterocycles. The average Bonchev–Trinajstić information content (AvgIpc) is 2.84. The van der Waals surface area contributed by atoms with E-state index >= 15 is 0 Å². The summed E-state index contributed by atoms with van der Waals surface area (Å²) >= 11 is 0. The van der Waals surface area contributed by atoms with E-state index in [4.69, 9.17) is 0 Å². The molecule has 1 N–H and O–H groups in total. The Bertz CT molecular complexity index is 1190. The number of nitrogens with one attached hydrogen (secondary N) is 1. The highest BCUT2D eigenvalue weighted by atomic mass is 32.2. The van der Waals surface area contributed by atoms with Crippen molar-refractivity contribution in [2.24, 2.45) is 0 Å². The minimum absolute atomic E-state index is 0.153. The SMILES string of the molecule is CC(C)N1CCN(c2cnc3ccc4ccc(N[SH](=O)=O)cc4c(=O)c3c2)CC1. The van der Waals surface area contributed by atoms with E-state index in [2.05, 4.69) is 33.4 Å². The lowest BCUT2D eigenvalue weighted by atomic mass is 10.1. The van der Waals surface area contributed by atoms with Crippen LogP contribution in [0, 0.1) is 0 Å². The van der Waals surface area contributed by atoms with Crippen LogP contribution in [-0.2, 0) is 10.9 Å². The minimum atomic E-state index is -2.79. The fourth-order valence-corrected chi connectivity index (χ4v) is 4.19. The third kappa shape index (κ3) is 4.04. The van der Waals surface area contributed by atoms with Crippen molar-refractivity contribution in [1.82, 2.24) is 9.88 Å². The van der Waals surface area contributed by atoms with Crippen molar-refractivity contribution in [3.63, 3.8) is 0 Å². The molecule has 0 spiro atoms. The highest BCUT2D eigenvalue weighted by molar-refractivity contribution is 7.73. The van der Waals surface area contributed by atoms with Crippen molar-refractivity contribution in [1.29, 1.82) is 0 Å². The molecular formula is C21H24N4O3S. The lowest BCUT2D eigenvalue weighted by molar-refractivity contribution is 0.209. The maximum atomic E-state index is 13.3. The molecular weight excluding hydrogens is 388 g/mol. The predicted molar refractivity (Wildman–Crippen MR) is 118 cm³/mol. The third-order valence-corrected chi connectivity index (χ3v) is 5.94. The van der Waals surface area contributed by atoms with Crippen molar-refractivity contribution in [3.8, 4) is 0 Å². The summed E-state index contributed by atoms with van der Waals surface area (Å²) in [4.78, 5) is 22.5. The number of nitrogens with zero attached hydrogens (tertiary/aromatic N) is 3. The van der Waals surface area contributed by atoms with Crippen LogP contribution in [0.3, 0.4) is 0 Å². The summed E-state index contributed by atoms with van der Waals surface area (Å²) in [5, 5.41) is 1.74. The molecule has 2 heterocycles. The van der Waals surface area contributed by atoms with Crippen LogP contribution in [0.4, 0.5) is 11.4 Å². The van der Waals surface area contributed by atoms with Crippen molar-refractivity contribution in [2.45, 2.75) is 19.9 Å². The number of piperazine rings is 1. The molecule has 0 bridgehead atoms. The molecule has 0 aliphatic carbocycles. The molecule has 7 nitrogen and oxygen atoms in total. The number of fused-ring (bicyclic) bond motifs is 2. The standard InChI is InChI=1S/C21H24N4O3S/c1-14(2)24-7-9-25(10-8-24)17-12-19-20(22-13-17)6-4-15-3-5-16(23-29(27)28)11-18(15)21(19)26/h3-6,11-14,29H,7-10H2,1-2H3,(H,23,27,28). The van der Waals surface area contributed by atoms with Gasteiger partial charge >= 0.3 is 0 Å². The van der Waals surface area contributed by atoms with E-state index in [0.717, 1.165) is 37.3 Å². The molecule has 0 saturated carbocycles. The van der Waals surface area contributed by atoms with Gasteiger partial charge in [-0.15, -0.1) is 0 Å². The molecule has 0 amide bonds. The number of anilines is 2. The second-order valence-corrected chi connectivity index (χ2v) is 8.31. The van der Waals surface area contributed by atoms with Crippen LogP contribution in [-0.4, -0.2) is 50.5 Å². The molecule has 2 aromatic carbocycles. The van der Waals surface area contributed by atoms with Gasteiger partial charge in [-0.3, -0.25) is 19.4 Å². The van der Waals surface area contributed by atoms with Gasteiger partial charge in [0.2, 0.25) is 10.9 Å².